The third kappa shape index (κ3) is 4.28. The van der Waals surface area contributed by atoms with E-state index in [2.05, 4.69) is 10.3 Å². The van der Waals surface area contributed by atoms with Crippen LogP contribution in [0.1, 0.15) is 12.5 Å². The molecule has 1 N–H and O–H groups in total. The highest BCUT2D eigenvalue weighted by molar-refractivity contribution is 7.84. The molecule has 90 valence electrons. The summed E-state index contributed by atoms with van der Waals surface area (Å²) in [6.07, 6.45) is 1.70. The van der Waals surface area contributed by atoms with E-state index in [0.717, 1.165) is 17.9 Å². The van der Waals surface area contributed by atoms with E-state index < -0.39 is 10.8 Å². The minimum absolute atomic E-state index is 0.645. The Balaban J connectivity index is 2.34. The van der Waals surface area contributed by atoms with Gasteiger partial charge in [-0.25, -0.2) is 4.98 Å². The molecular formula is C11H18N2O2S. The predicted molar refractivity (Wildman–Crippen MR) is 66.0 cm³/mol. The van der Waals surface area contributed by atoms with Gasteiger partial charge in [0.05, 0.1) is 7.11 Å². The van der Waals surface area contributed by atoms with Gasteiger partial charge in [0.1, 0.15) is 0 Å². The van der Waals surface area contributed by atoms with Crippen molar-refractivity contribution in [1.29, 1.82) is 0 Å². The lowest BCUT2D eigenvalue weighted by Gasteiger charge is -2.07. The van der Waals surface area contributed by atoms with Crippen molar-refractivity contribution in [3.8, 4) is 5.88 Å². The van der Waals surface area contributed by atoms with E-state index in [-0.39, 0.29) is 0 Å². The molecule has 0 aromatic carbocycles. The molecule has 0 aliphatic heterocycles. The molecule has 1 unspecified atom stereocenters. The van der Waals surface area contributed by atoms with Crippen LogP contribution in [0.15, 0.2) is 18.3 Å². The third-order valence-corrected chi connectivity index (χ3v) is 3.49. The van der Waals surface area contributed by atoms with Crippen molar-refractivity contribution in [1.82, 2.24) is 10.3 Å². The first-order chi connectivity index (χ1) is 7.77. The van der Waals surface area contributed by atoms with Gasteiger partial charge in [0.2, 0.25) is 5.88 Å². The summed E-state index contributed by atoms with van der Waals surface area (Å²) in [7, 11) is 0.908. The Hall–Kier alpha value is -0.940. The van der Waals surface area contributed by atoms with Crippen molar-refractivity contribution in [3.63, 3.8) is 0 Å². The number of pyridine rings is 1. The maximum absolute atomic E-state index is 11.2. The number of rotatable bonds is 7. The van der Waals surface area contributed by atoms with E-state index in [1.807, 2.05) is 19.1 Å². The van der Waals surface area contributed by atoms with Gasteiger partial charge in [0.15, 0.2) is 0 Å². The number of hydrogen-bond donors (Lipinski definition) is 1. The molecule has 0 bridgehead atoms. The molecule has 4 nitrogen and oxygen atoms in total. The lowest BCUT2D eigenvalue weighted by molar-refractivity contribution is 0.391. The SMILES string of the molecule is CCS(=O)CCNCc1cccnc1OC. The summed E-state index contributed by atoms with van der Waals surface area (Å²) in [5.74, 6) is 2.06. The van der Waals surface area contributed by atoms with Crippen molar-refractivity contribution < 1.29 is 8.95 Å². The maximum atomic E-state index is 11.2. The van der Waals surface area contributed by atoms with Crippen molar-refractivity contribution >= 4 is 10.8 Å². The second kappa shape index (κ2) is 7.35. The van der Waals surface area contributed by atoms with Gasteiger partial charge in [-0.05, 0) is 6.07 Å². The molecule has 1 aromatic rings. The minimum atomic E-state index is -0.701. The summed E-state index contributed by atoms with van der Waals surface area (Å²) in [4.78, 5) is 4.10. The van der Waals surface area contributed by atoms with E-state index in [0.29, 0.717) is 18.2 Å². The first-order valence-electron chi connectivity index (χ1n) is 5.31. The molecule has 0 aliphatic carbocycles. The summed E-state index contributed by atoms with van der Waals surface area (Å²) in [6, 6.07) is 3.85. The molecule has 0 amide bonds. The fourth-order valence-corrected chi connectivity index (χ4v) is 1.96. The van der Waals surface area contributed by atoms with Gasteiger partial charge in [0.25, 0.3) is 0 Å². The van der Waals surface area contributed by atoms with Crippen molar-refractivity contribution in [2.24, 2.45) is 0 Å². The molecule has 5 heteroatoms. The summed E-state index contributed by atoms with van der Waals surface area (Å²) in [6.45, 7) is 3.37. The smallest absolute Gasteiger partial charge is 0.217 e. The number of hydrogen-bond acceptors (Lipinski definition) is 4. The Morgan fingerprint density at radius 1 is 1.56 bits per heavy atom. The highest BCUT2D eigenvalue weighted by atomic mass is 32.2. The van der Waals surface area contributed by atoms with Gasteiger partial charge in [-0.3, -0.25) is 4.21 Å². The van der Waals surface area contributed by atoms with Gasteiger partial charge < -0.3 is 10.1 Å². The fraction of sp³-hybridized carbons (Fsp3) is 0.545. The van der Waals surface area contributed by atoms with Crippen LogP contribution in [0.25, 0.3) is 0 Å². The van der Waals surface area contributed by atoms with E-state index in [1.165, 1.54) is 0 Å². The van der Waals surface area contributed by atoms with Crippen LogP contribution >= 0.6 is 0 Å². The molecule has 16 heavy (non-hydrogen) atoms. The molecule has 0 saturated carbocycles. The number of nitrogens with zero attached hydrogens (tertiary/aromatic N) is 1. The second-order valence-corrected chi connectivity index (χ2v) is 5.15. The van der Waals surface area contributed by atoms with E-state index in [1.54, 1.807) is 13.3 Å². The predicted octanol–water partition coefficient (Wildman–Crippen LogP) is 0.948. The van der Waals surface area contributed by atoms with Crippen LogP contribution in [-0.2, 0) is 17.3 Å². The highest BCUT2D eigenvalue weighted by Crippen LogP contribution is 2.12. The Morgan fingerprint density at radius 3 is 3.06 bits per heavy atom. The summed E-state index contributed by atoms with van der Waals surface area (Å²) in [5, 5.41) is 3.23. The molecular weight excluding hydrogens is 224 g/mol. The fourth-order valence-electron chi connectivity index (χ4n) is 1.30. The van der Waals surface area contributed by atoms with Crippen molar-refractivity contribution in [3.05, 3.63) is 23.9 Å². The number of aromatic nitrogens is 1. The topological polar surface area (TPSA) is 51.2 Å². The average Bonchev–Trinajstić information content (AvgIpc) is 2.34. The van der Waals surface area contributed by atoms with E-state index >= 15 is 0 Å². The lowest BCUT2D eigenvalue weighted by Crippen LogP contribution is -2.21. The first kappa shape index (κ1) is 13.1. The first-order valence-corrected chi connectivity index (χ1v) is 6.80. The molecule has 0 radical (unpaired) electrons. The van der Waals surface area contributed by atoms with Crippen LogP contribution in [0, 0.1) is 0 Å². The zero-order valence-corrected chi connectivity index (χ0v) is 10.5. The average molecular weight is 242 g/mol. The zero-order valence-electron chi connectivity index (χ0n) is 9.73. The van der Waals surface area contributed by atoms with Crippen LogP contribution in [0.3, 0.4) is 0 Å². The van der Waals surface area contributed by atoms with E-state index in [4.69, 9.17) is 4.74 Å². The number of nitrogens with one attached hydrogen (secondary N) is 1. The maximum Gasteiger partial charge on any atom is 0.217 e. The van der Waals surface area contributed by atoms with Crippen molar-refractivity contribution in [2.75, 3.05) is 25.2 Å². The van der Waals surface area contributed by atoms with E-state index in [9.17, 15) is 4.21 Å². The molecule has 0 spiro atoms. The van der Waals surface area contributed by atoms with Gasteiger partial charge in [-0.15, -0.1) is 0 Å². The van der Waals surface area contributed by atoms with Crippen LogP contribution in [-0.4, -0.2) is 34.4 Å². The third-order valence-electron chi connectivity index (χ3n) is 2.19. The Bertz CT molecular complexity index is 345. The van der Waals surface area contributed by atoms with Crippen molar-refractivity contribution in [2.45, 2.75) is 13.5 Å². The summed E-state index contributed by atoms with van der Waals surface area (Å²) < 4.78 is 16.3. The summed E-state index contributed by atoms with van der Waals surface area (Å²) >= 11 is 0. The van der Waals surface area contributed by atoms with Gasteiger partial charge in [-0.1, -0.05) is 13.0 Å². The second-order valence-electron chi connectivity index (χ2n) is 3.28. The highest BCUT2D eigenvalue weighted by Gasteiger charge is 2.02. The molecule has 1 rings (SSSR count). The zero-order chi connectivity index (χ0) is 11.8. The monoisotopic (exact) mass is 242 g/mol. The molecule has 1 heterocycles. The van der Waals surface area contributed by atoms with Gasteiger partial charge in [-0.2, -0.15) is 0 Å². The number of methoxy groups -OCH3 is 1. The molecule has 0 saturated heterocycles. The number of ether oxygens (including phenoxy) is 1. The molecule has 0 aliphatic rings. The van der Waals surface area contributed by atoms with Crippen LogP contribution in [0.2, 0.25) is 0 Å². The van der Waals surface area contributed by atoms with Crippen LogP contribution in [0.5, 0.6) is 5.88 Å². The Kier molecular flexibility index (Phi) is 6.03. The Labute approximate surface area is 98.9 Å². The quantitative estimate of drug-likeness (QED) is 0.723. The molecule has 0 fully saturated rings. The van der Waals surface area contributed by atoms with Gasteiger partial charge in [0, 0.05) is 47.2 Å². The minimum Gasteiger partial charge on any atom is -0.481 e. The molecule has 1 aromatic heterocycles. The Morgan fingerprint density at radius 2 is 2.38 bits per heavy atom. The van der Waals surface area contributed by atoms with Gasteiger partial charge >= 0.3 is 0 Å². The normalized spacial score (nSPS) is 12.4. The van der Waals surface area contributed by atoms with Crippen LogP contribution in [0.4, 0.5) is 0 Å². The lowest BCUT2D eigenvalue weighted by atomic mass is 10.2. The largest absolute Gasteiger partial charge is 0.481 e. The van der Waals surface area contributed by atoms with Crippen LogP contribution < -0.4 is 10.1 Å². The standard InChI is InChI=1S/C11H18N2O2S/c1-3-16(14)8-7-12-9-10-5-4-6-13-11(10)15-2/h4-6,12H,3,7-9H2,1-2H3. The summed E-state index contributed by atoms with van der Waals surface area (Å²) in [5.41, 5.74) is 1.02. The molecule has 1 atom stereocenters.